The summed E-state index contributed by atoms with van der Waals surface area (Å²) in [7, 11) is 1.51. The lowest BCUT2D eigenvalue weighted by Gasteiger charge is -2.11. The van der Waals surface area contributed by atoms with E-state index in [-0.39, 0.29) is 24.0 Å². The minimum atomic E-state index is -0.267. The summed E-state index contributed by atoms with van der Waals surface area (Å²) in [6.45, 7) is 3.84. The topological polar surface area (TPSA) is 84.5 Å². The number of ketones is 1. The Labute approximate surface area is 152 Å². The molecule has 0 fully saturated rings. The lowest BCUT2D eigenvalue weighted by molar-refractivity contribution is -0.115. The SMILES string of the molecule is CCNC(=O)c1cccc(NC(=O)Cc2cc(C(C)=O)ccc2OC)c1. The van der Waals surface area contributed by atoms with Gasteiger partial charge in [-0.1, -0.05) is 6.07 Å². The second-order valence-electron chi connectivity index (χ2n) is 5.75. The number of ether oxygens (including phenoxy) is 1. The molecular formula is C20H22N2O4. The molecule has 0 spiro atoms. The number of carbonyl (C=O) groups is 3. The molecule has 2 aromatic rings. The van der Waals surface area contributed by atoms with Crippen molar-refractivity contribution in [2.45, 2.75) is 20.3 Å². The fraction of sp³-hybridized carbons (Fsp3) is 0.250. The lowest BCUT2D eigenvalue weighted by Crippen LogP contribution is -2.23. The van der Waals surface area contributed by atoms with Gasteiger partial charge in [-0.25, -0.2) is 0 Å². The van der Waals surface area contributed by atoms with Crippen molar-refractivity contribution in [1.29, 1.82) is 0 Å². The van der Waals surface area contributed by atoms with Crippen LogP contribution in [0.25, 0.3) is 0 Å². The minimum Gasteiger partial charge on any atom is -0.496 e. The van der Waals surface area contributed by atoms with Crippen LogP contribution in [-0.2, 0) is 11.2 Å². The standard InChI is InChI=1S/C20H22N2O4/c1-4-21-20(25)15-6-5-7-17(11-15)22-19(24)12-16-10-14(13(2)23)8-9-18(16)26-3/h5-11H,4,12H2,1-3H3,(H,21,25)(H,22,24). The van der Waals surface area contributed by atoms with Crippen molar-refractivity contribution in [3.05, 3.63) is 59.2 Å². The second-order valence-corrected chi connectivity index (χ2v) is 5.75. The Morgan fingerprint density at radius 2 is 1.81 bits per heavy atom. The van der Waals surface area contributed by atoms with Crippen molar-refractivity contribution in [1.82, 2.24) is 5.32 Å². The van der Waals surface area contributed by atoms with Gasteiger partial charge in [-0.05, 0) is 50.2 Å². The number of hydrogen-bond acceptors (Lipinski definition) is 4. The number of methoxy groups -OCH3 is 1. The van der Waals surface area contributed by atoms with Crippen molar-refractivity contribution >= 4 is 23.3 Å². The van der Waals surface area contributed by atoms with E-state index in [1.165, 1.54) is 14.0 Å². The Bertz CT molecular complexity index is 830. The van der Waals surface area contributed by atoms with Crippen LogP contribution in [0.5, 0.6) is 5.75 Å². The van der Waals surface area contributed by atoms with Gasteiger partial charge < -0.3 is 15.4 Å². The van der Waals surface area contributed by atoms with Gasteiger partial charge in [0.1, 0.15) is 5.75 Å². The van der Waals surface area contributed by atoms with Gasteiger partial charge in [0.05, 0.1) is 13.5 Å². The van der Waals surface area contributed by atoms with Crippen LogP contribution in [0.4, 0.5) is 5.69 Å². The van der Waals surface area contributed by atoms with Crippen LogP contribution in [0.1, 0.15) is 40.1 Å². The average Bonchev–Trinajstić information content (AvgIpc) is 2.62. The summed E-state index contributed by atoms with van der Waals surface area (Å²) in [4.78, 5) is 35.8. The zero-order chi connectivity index (χ0) is 19.1. The normalized spacial score (nSPS) is 10.1. The first-order chi connectivity index (χ1) is 12.4. The molecule has 0 atom stereocenters. The summed E-state index contributed by atoms with van der Waals surface area (Å²) in [5.74, 6) is 0.00153. The first kappa shape index (κ1) is 19.2. The quantitative estimate of drug-likeness (QED) is 0.749. The van der Waals surface area contributed by atoms with E-state index < -0.39 is 0 Å². The van der Waals surface area contributed by atoms with Crippen molar-refractivity contribution in [2.24, 2.45) is 0 Å². The van der Waals surface area contributed by atoms with Gasteiger partial charge in [-0.15, -0.1) is 0 Å². The van der Waals surface area contributed by atoms with Crippen LogP contribution in [0.3, 0.4) is 0 Å². The number of Topliss-reactive ketones (excluding diaryl/α,β-unsaturated/α-hetero) is 1. The molecule has 6 heteroatoms. The molecule has 2 aromatic carbocycles. The number of amides is 2. The second kappa shape index (κ2) is 8.80. The Morgan fingerprint density at radius 1 is 1.04 bits per heavy atom. The van der Waals surface area contributed by atoms with Gasteiger partial charge >= 0.3 is 0 Å². The van der Waals surface area contributed by atoms with Crippen molar-refractivity contribution in [2.75, 3.05) is 19.0 Å². The number of anilines is 1. The van der Waals surface area contributed by atoms with E-state index >= 15 is 0 Å². The van der Waals surface area contributed by atoms with Crippen LogP contribution in [-0.4, -0.2) is 31.3 Å². The van der Waals surface area contributed by atoms with Crippen LogP contribution >= 0.6 is 0 Å². The predicted molar refractivity (Wildman–Crippen MR) is 99.8 cm³/mol. The summed E-state index contributed by atoms with van der Waals surface area (Å²) in [5, 5.41) is 5.48. The highest BCUT2D eigenvalue weighted by molar-refractivity contribution is 5.98. The summed E-state index contributed by atoms with van der Waals surface area (Å²) in [6.07, 6.45) is 0.0513. The molecule has 0 aliphatic rings. The molecule has 0 heterocycles. The van der Waals surface area contributed by atoms with E-state index in [0.717, 1.165) is 0 Å². The Kier molecular flexibility index (Phi) is 6.49. The van der Waals surface area contributed by atoms with Crippen molar-refractivity contribution < 1.29 is 19.1 Å². The van der Waals surface area contributed by atoms with E-state index in [1.54, 1.807) is 42.5 Å². The third kappa shape index (κ3) is 4.92. The van der Waals surface area contributed by atoms with E-state index in [0.29, 0.717) is 34.7 Å². The van der Waals surface area contributed by atoms with Gasteiger partial charge in [-0.2, -0.15) is 0 Å². The molecule has 26 heavy (non-hydrogen) atoms. The van der Waals surface area contributed by atoms with Gasteiger partial charge in [0, 0.05) is 28.9 Å². The third-order valence-electron chi connectivity index (χ3n) is 3.78. The molecule has 0 unspecified atom stereocenters. The highest BCUT2D eigenvalue weighted by Gasteiger charge is 2.12. The Hall–Kier alpha value is -3.15. The maximum atomic E-state index is 12.4. The summed E-state index contributed by atoms with van der Waals surface area (Å²) in [6, 6.07) is 11.7. The van der Waals surface area contributed by atoms with E-state index in [4.69, 9.17) is 4.74 Å². The third-order valence-corrected chi connectivity index (χ3v) is 3.78. The summed E-state index contributed by atoms with van der Waals surface area (Å²) < 4.78 is 5.26. The molecular weight excluding hydrogens is 332 g/mol. The van der Waals surface area contributed by atoms with Gasteiger partial charge in [0.25, 0.3) is 5.91 Å². The number of hydrogen-bond donors (Lipinski definition) is 2. The Balaban J connectivity index is 2.14. The highest BCUT2D eigenvalue weighted by Crippen LogP contribution is 2.21. The number of rotatable bonds is 7. The maximum Gasteiger partial charge on any atom is 0.251 e. The largest absolute Gasteiger partial charge is 0.496 e. The first-order valence-electron chi connectivity index (χ1n) is 8.30. The molecule has 2 rings (SSSR count). The van der Waals surface area contributed by atoms with Crippen LogP contribution in [0, 0.1) is 0 Å². The average molecular weight is 354 g/mol. The maximum absolute atomic E-state index is 12.4. The minimum absolute atomic E-state index is 0.0513. The molecule has 2 amide bonds. The Morgan fingerprint density at radius 3 is 2.46 bits per heavy atom. The van der Waals surface area contributed by atoms with Gasteiger partial charge in [0.2, 0.25) is 5.91 Å². The lowest BCUT2D eigenvalue weighted by atomic mass is 10.0. The van der Waals surface area contributed by atoms with Crippen molar-refractivity contribution in [3.63, 3.8) is 0 Å². The van der Waals surface area contributed by atoms with Crippen LogP contribution in [0.2, 0.25) is 0 Å². The molecule has 0 aromatic heterocycles. The van der Waals surface area contributed by atoms with Gasteiger partial charge in [-0.3, -0.25) is 14.4 Å². The highest BCUT2D eigenvalue weighted by atomic mass is 16.5. The fourth-order valence-corrected chi connectivity index (χ4v) is 2.51. The fourth-order valence-electron chi connectivity index (χ4n) is 2.51. The van der Waals surface area contributed by atoms with E-state index in [2.05, 4.69) is 10.6 Å². The molecule has 0 radical (unpaired) electrons. The molecule has 0 aliphatic carbocycles. The molecule has 0 saturated heterocycles. The molecule has 6 nitrogen and oxygen atoms in total. The molecule has 0 aliphatic heterocycles. The monoisotopic (exact) mass is 354 g/mol. The zero-order valence-electron chi connectivity index (χ0n) is 15.1. The zero-order valence-corrected chi connectivity index (χ0v) is 15.1. The molecule has 136 valence electrons. The van der Waals surface area contributed by atoms with Crippen LogP contribution in [0.15, 0.2) is 42.5 Å². The predicted octanol–water partition coefficient (Wildman–Crippen LogP) is 2.83. The molecule has 2 N–H and O–H groups in total. The van der Waals surface area contributed by atoms with Gasteiger partial charge in [0.15, 0.2) is 5.78 Å². The summed E-state index contributed by atoms with van der Waals surface area (Å²) in [5.41, 5.74) is 2.14. The van der Waals surface area contributed by atoms with Crippen molar-refractivity contribution in [3.8, 4) is 5.75 Å². The van der Waals surface area contributed by atoms with E-state index in [1.807, 2.05) is 6.92 Å². The number of carbonyl (C=O) groups excluding carboxylic acids is 3. The number of nitrogens with one attached hydrogen (secondary N) is 2. The summed E-state index contributed by atoms with van der Waals surface area (Å²) >= 11 is 0. The van der Waals surface area contributed by atoms with Crippen LogP contribution < -0.4 is 15.4 Å². The molecule has 0 saturated carbocycles. The smallest absolute Gasteiger partial charge is 0.251 e. The molecule has 0 bridgehead atoms. The first-order valence-corrected chi connectivity index (χ1v) is 8.30. The van der Waals surface area contributed by atoms with E-state index in [9.17, 15) is 14.4 Å². The number of benzene rings is 2.